The molecule has 7 nitrogen and oxygen atoms in total. The van der Waals surface area contributed by atoms with Crippen LogP contribution in [0.25, 0.3) is 22.4 Å². The predicted octanol–water partition coefficient (Wildman–Crippen LogP) is 3.85. The van der Waals surface area contributed by atoms with Crippen molar-refractivity contribution in [1.82, 2.24) is 10.1 Å². The molecule has 0 spiro atoms. The summed E-state index contributed by atoms with van der Waals surface area (Å²) in [5.74, 6) is -0.648. The van der Waals surface area contributed by atoms with E-state index in [0.29, 0.717) is 21.6 Å². The summed E-state index contributed by atoms with van der Waals surface area (Å²) in [5.41, 5.74) is 0.569. The third-order valence-corrected chi connectivity index (χ3v) is 4.07. The highest BCUT2D eigenvalue weighted by Crippen LogP contribution is 2.25. The molecule has 4 rings (SSSR count). The van der Waals surface area contributed by atoms with Gasteiger partial charge in [-0.3, -0.25) is 4.79 Å². The molecule has 0 aliphatic carbocycles. The zero-order valence-corrected chi connectivity index (χ0v) is 14.5. The maximum absolute atomic E-state index is 12.2. The van der Waals surface area contributed by atoms with Crippen molar-refractivity contribution in [2.75, 3.05) is 0 Å². The molecule has 0 radical (unpaired) electrons. The van der Waals surface area contributed by atoms with E-state index in [0.717, 1.165) is 6.07 Å². The fourth-order valence-electron chi connectivity index (χ4n) is 2.47. The normalized spacial score (nSPS) is 10.9. The van der Waals surface area contributed by atoms with Gasteiger partial charge in [-0.2, -0.15) is 4.98 Å². The molecule has 0 bridgehead atoms. The van der Waals surface area contributed by atoms with Crippen molar-refractivity contribution >= 4 is 28.5 Å². The Morgan fingerprint density at radius 3 is 2.74 bits per heavy atom. The second kappa shape index (κ2) is 7.05. The summed E-state index contributed by atoms with van der Waals surface area (Å²) in [6, 6.07) is 14.7. The van der Waals surface area contributed by atoms with E-state index in [1.807, 2.05) is 0 Å². The Morgan fingerprint density at radius 1 is 1.11 bits per heavy atom. The van der Waals surface area contributed by atoms with Gasteiger partial charge in [0.2, 0.25) is 11.6 Å². The van der Waals surface area contributed by atoms with Crippen molar-refractivity contribution in [2.24, 2.45) is 0 Å². The number of benzene rings is 2. The van der Waals surface area contributed by atoms with E-state index in [1.165, 1.54) is 0 Å². The number of esters is 1. The molecule has 2 aromatic carbocycles. The van der Waals surface area contributed by atoms with Crippen LogP contribution in [0.4, 0.5) is 0 Å². The summed E-state index contributed by atoms with van der Waals surface area (Å²) in [5, 5.41) is 4.67. The molecule has 0 atom stereocenters. The first-order valence-corrected chi connectivity index (χ1v) is 8.27. The van der Waals surface area contributed by atoms with Crippen molar-refractivity contribution < 1.29 is 18.5 Å². The lowest BCUT2D eigenvalue weighted by Crippen LogP contribution is -2.10. The summed E-state index contributed by atoms with van der Waals surface area (Å²) in [4.78, 5) is 28.4. The number of hydrogen-bond acceptors (Lipinski definition) is 7. The molecule has 0 unspecified atom stereocenters. The van der Waals surface area contributed by atoms with E-state index in [1.54, 1.807) is 48.5 Å². The highest BCUT2D eigenvalue weighted by Gasteiger charge is 2.17. The van der Waals surface area contributed by atoms with Gasteiger partial charge in [-0.25, -0.2) is 4.79 Å². The van der Waals surface area contributed by atoms with E-state index >= 15 is 0 Å². The van der Waals surface area contributed by atoms with Gasteiger partial charge < -0.3 is 13.7 Å². The van der Waals surface area contributed by atoms with Crippen molar-refractivity contribution in [3.05, 3.63) is 81.5 Å². The molecule has 0 aliphatic rings. The molecule has 0 amide bonds. The minimum absolute atomic E-state index is 0.0846. The number of para-hydroxylation sites is 1. The number of fused-ring (bicyclic) bond motifs is 1. The van der Waals surface area contributed by atoms with E-state index in [4.69, 9.17) is 25.3 Å². The molecular weight excluding hydrogens is 372 g/mol. The van der Waals surface area contributed by atoms with Crippen LogP contribution >= 0.6 is 11.6 Å². The van der Waals surface area contributed by atoms with Gasteiger partial charge in [0.25, 0.3) is 5.89 Å². The molecule has 0 fully saturated rings. The molecule has 134 valence electrons. The molecule has 0 aliphatic heterocycles. The van der Waals surface area contributed by atoms with E-state index in [-0.39, 0.29) is 29.5 Å². The Kier molecular flexibility index (Phi) is 4.43. The minimum atomic E-state index is -0.810. The summed E-state index contributed by atoms with van der Waals surface area (Å²) < 4.78 is 15.6. The predicted molar refractivity (Wildman–Crippen MR) is 96.3 cm³/mol. The molecule has 0 saturated carbocycles. The third kappa shape index (κ3) is 3.45. The lowest BCUT2D eigenvalue weighted by atomic mass is 10.2. The molecule has 2 heterocycles. The lowest BCUT2D eigenvalue weighted by molar-refractivity contribution is 0.0394. The fourth-order valence-corrected chi connectivity index (χ4v) is 2.69. The van der Waals surface area contributed by atoms with Crippen LogP contribution in [0.1, 0.15) is 16.4 Å². The smallest absolute Gasteiger partial charge is 0.374 e. The number of rotatable bonds is 4. The average Bonchev–Trinajstić information content (AvgIpc) is 3.15. The van der Waals surface area contributed by atoms with Gasteiger partial charge in [-0.05, 0) is 24.3 Å². The monoisotopic (exact) mass is 382 g/mol. The molecule has 2 aromatic heterocycles. The summed E-state index contributed by atoms with van der Waals surface area (Å²) >= 11 is 6.09. The molecule has 8 heteroatoms. The highest BCUT2D eigenvalue weighted by molar-refractivity contribution is 6.33. The quantitative estimate of drug-likeness (QED) is 0.494. The number of hydrogen-bond donors (Lipinski definition) is 0. The first kappa shape index (κ1) is 17.0. The number of carbonyl (C=O) groups is 1. The standard InChI is InChI=1S/C19H11ClN2O5/c20-13-7-3-1-5-11(13)18-21-17(27-22-18)10-25-19(24)16-9-14(23)12-6-2-4-8-15(12)26-16/h1-9H,10H2. The van der Waals surface area contributed by atoms with Crippen LogP contribution in [0.5, 0.6) is 0 Å². The SMILES string of the molecule is O=C(OCc1nc(-c2ccccc2Cl)no1)c1cc(=O)c2ccccc2o1. The second-order valence-corrected chi connectivity index (χ2v) is 5.95. The molecule has 27 heavy (non-hydrogen) atoms. The lowest BCUT2D eigenvalue weighted by Gasteiger charge is -2.02. The van der Waals surface area contributed by atoms with E-state index in [9.17, 15) is 9.59 Å². The first-order valence-electron chi connectivity index (χ1n) is 7.89. The van der Waals surface area contributed by atoms with Crippen LogP contribution in [0.15, 0.2) is 68.3 Å². The van der Waals surface area contributed by atoms with Gasteiger partial charge in [-0.15, -0.1) is 0 Å². The summed E-state index contributed by atoms with van der Waals surface area (Å²) in [6.45, 7) is -0.271. The zero-order chi connectivity index (χ0) is 18.8. The fraction of sp³-hybridized carbons (Fsp3) is 0.0526. The first-order chi connectivity index (χ1) is 13.1. The largest absolute Gasteiger partial charge is 0.450 e. The number of aromatic nitrogens is 2. The zero-order valence-electron chi connectivity index (χ0n) is 13.7. The van der Waals surface area contributed by atoms with Gasteiger partial charge in [0, 0.05) is 11.6 Å². The second-order valence-electron chi connectivity index (χ2n) is 5.54. The van der Waals surface area contributed by atoms with Crippen LogP contribution in [0.3, 0.4) is 0 Å². The van der Waals surface area contributed by atoms with E-state index < -0.39 is 5.97 Å². The maximum Gasteiger partial charge on any atom is 0.374 e. The summed E-state index contributed by atoms with van der Waals surface area (Å²) in [6.07, 6.45) is 0. The number of nitrogens with zero attached hydrogens (tertiary/aromatic N) is 2. The summed E-state index contributed by atoms with van der Waals surface area (Å²) in [7, 11) is 0. The van der Waals surface area contributed by atoms with Crippen molar-refractivity contribution in [2.45, 2.75) is 6.61 Å². The Labute approximate surface area is 157 Å². The van der Waals surface area contributed by atoms with Gasteiger partial charge in [0.1, 0.15) is 5.58 Å². The number of halogens is 1. The minimum Gasteiger partial charge on any atom is -0.450 e. The van der Waals surface area contributed by atoms with Crippen molar-refractivity contribution in [1.29, 1.82) is 0 Å². The Morgan fingerprint density at radius 2 is 1.89 bits per heavy atom. The van der Waals surface area contributed by atoms with Crippen LogP contribution in [-0.2, 0) is 11.3 Å². The van der Waals surface area contributed by atoms with Crippen molar-refractivity contribution in [3.63, 3.8) is 0 Å². The number of carbonyl (C=O) groups excluding carboxylic acids is 1. The van der Waals surface area contributed by atoms with Gasteiger partial charge in [-0.1, -0.05) is 41.0 Å². The molecule has 0 saturated heterocycles. The van der Waals surface area contributed by atoms with E-state index in [2.05, 4.69) is 10.1 Å². The highest BCUT2D eigenvalue weighted by atomic mass is 35.5. The average molecular weight is 383 g/mol. The topological polar surface area (TPSA) is 95.4 Å². The molecule has 4 aromatic rings. The van der Waals surface area contributed by atoms with Crippen LogP contribution in [-0.4, -0.2) is 16.1 Å². The van der Waals surface area contributed by atoms with Crippen molar-refractivity contribution in [3.8, 4) is 11.4 Å². The third-order valence-electron chi connectivity index (χ3n) is 3.75. The van der Waals surface area contributed by atoms with Crippen LogP contribution in [0.2, 0.25) is 5.02 Å². The van der Waals surface area contributed by atoms with Gasteiger partial charge >= 0.3 is 5.97 Å². The Hall–Kier alpha value is -3.45. The van der Waals surface area contributed by atoms with Crippen LogP contribution in [0, 0.1) is 0 Å². The number of ether oxygens (including phenoxy) is 1. The molecule has 0 N–H and O–H groups in total. The maximum atomic E-state index is 12.2. The van der Waals surface area contributed by atoms with Gasteiger partial charge in [0.05, 0.1) is 10.4 Å². The Balaban J connectivity index is 1.50. The van der Waals surface area contributed by atoms with Gasteiger partial charge in [0.15, 0.2) is 12.0 Å². The Bertz CT molecular complexity index is 1200. The van der Waals surface area contributed by atoms with Crippen LogP contribution < -0.4 is 5.43 Å². The molecular formula is C19H11ClN2O5.